The molecule has 1 aromatic carbocycles. The zero-order chi connectivity index (χ0) is 23.1. The molecule has 1 aromatic heterocycles. The van der Waals surface area contributed by atoms with Crippen LogP contribution < -0.4 is 15.5 Å². The normalized spacial score (nSPS) is 15.4. The van der Waals surface area contributed by atoms with Gasteiger partial charge in [-0.05, 0) is 44.4 Å². The summed E-state index contributed by atoms with van der Waals surface area (Å²) in [5.41, 5.74) is 0.671. The molecule has 1 saturated heterocycles. The molecule has 32 heavy (non-hydrogen) atoms. The summed E-state index contributed by atoms with van der Waals surface area (Å²) in [6, 6.07) is 5.87. The lowest BCUT2D eigenvalue weighted by Crippen LogP contribution is -2.43. The quantitative estimate of drug-likeness (QED) is 0.612. The highest BCUT2D eigenvalue weighted by Crippen LogP contribution is 2.20. The summed E-state index contributed by atoms with van der Waals surface area (Å²) in [6.07, 6.45) is 1.48. The van der Waals surface area contributed by atoms with Crippen molar-refractivity contribution < 1.29 is 28.0 Å². The van der Waals surface area contributed by atoms with Crippen LogP contribution in [0.1, 0.15) is 37.0 Å². The lowest BCUT2D eigenvalue weighted by atomic mass is 10.1. The van der Waals surface area contributed by atoms with E-state index in [0.717, 1.165) is 12.8 Å². The number of hydrogen-bond donors (Lipinski definition) is 2. The molecule has 1 fully saturated rings. The maximum absolute atomic E-state index is 14.1. The van der Waals surface area contributed by atoms with Crippen LogP contribution in [0.3, 0.4) is 0 Å². The average molecular weight is 446 g/mol. The number of nitrogens with one attached hydrogen (secondary N) is 2. The van der Waals surface area contributed by atoms with Crippen LogP contribution in [0.4, 0.5) is 15.9 Å². The number of rotatable bonds is 9. The molecule has 1 unspecified atom stereocenters. The number of benzene rings is 1. The number of carbonyl (C=O) groups is 3. The molecular formula is C22H27FN4O5. The molecule has 172 valence electrons. The lowest BCUT2D eigenvalue weighted by Gasteiger charge is -2.23. The van der Waals surface area contributed by atoms with Crippen molar-refractivity contribution in [1.29, 1.82) is 0 Å². The van der Waals surface area contributed by atoms with Crippen molar-refractivity contribution >= 4 is 29.2 Å². The molecule has 0 spiro atoms. The van der Waals surface area contributed by atoms with E-state index in [9.17, 15) is 18.8 Å². The van der Waals surface area contributed by atoms with E-state index in [4.69, 9.17) is 9.26 Å². The number of anilines is 2. The number of nitrogens with zero attached hydrogens (tertiary/aromatic N) is 2. The number of aryl methyl sites for hydroxylation is 2. The second-order valence-electron chi connectivity index (χ2n) is 7.72. The molecule has 0 bridgehead atoms. The van der Waals surface area contributed by atoms with Gasteiger partial charge in [0.1, 0.15) is 18.1 Å². The van der Waals surface area contributed by atoms with Crippen molar-refractivity contribution in [1.82, 2.24) is 10.5 Å². The predicted molar refractivity (Wildman–Crippen MR) is 115 cm³/mol. The third-order valence-corrected chi connectivity index (χ3v) is 5.08. The number of halogens is 1. The molecular weight excluding hydrogens is 419 g/mol. The van der Waals surface area contributed by atoms with E-state index in [0.29, 0.717) is 24.5 Å². The summed E-state index contributed by atoms with van der Waals surface area (Å²) in [5, 5.41) is 8.96. The Labute approximate surface area is 185 Å². The summed E-state index contributed by atoms with van der Waals surface area (Å²) < 4.78 is 24.5. The summed E-state index contributed by atoms with van der Waals surface area (Å²) in [6.45, 7) is 4.02. The first-order valence-electron chi connectivity index (χ1n) is 10.5. The van der Waals surface area contributed by atoms with Gasteiger partial charge >= 0.3 is 0 Å². The second kappa shape index (κ2) is 10.9. The number of ether oxygens (including phenoxy) is 1. The first-order chi connectivity index (χ1) is 15.3. The van der Waals surface area contributed by atoms with Crippen LogP contribution in [-0.2, 0) is 19.1 Å². The molecule has 1 atom stereocenters. The Morgan fingerprint density at radius 3 is 2.66 bits per heavy atom. The molecule has 2 heterocycles. The Bertz CT molecular complexity index is 971. The van der Waals surface area contributed by atoms with Gasteiger partial charge in [-0.25, -0.2) is 4.39 Å². The van der Waals surface area contributed by atoms with Gasteiger partial charge in [0.25, 0.3) is 0 Å². The Morgan fingerprint density at radius 1 is 1.19 bits per heavy atom. The number of aromatic nitrogens is 1. The van der Waals surface area contributed by atoms with Crippen molar-refractivity contribution in [2.24, 2.45) is 0 Å². The Hall–Kier alpha value is -3.27. The topological polar surface area (TPSA) is 114 Å². The van der Waals surface area contributed by atoms with Crippen molar-refractivity contribution in [2.75, 3.05) is 29.9 Å². The van der Waals surface area contributed by atoms with E-state index in [-0.39, 0.29) is 37.0 Å². The van der Waals surface area contributed by atoms with E-state index < -0.39 is 23.5 Å². The minimum absolute atomic E-state index is 0.0382. The highest BCUT2D eigenvalue weighted by Gasteiger charge is 2.22. The van der Waals surface area contributed by atoms with Gasteiger partial charge in [-0.2, -0.15) is 0 Å². The molecule has 0 saturated carbocycles. The van der Waals surface area contributed by atoms with Gasteiger partial charge in [-0.3, -0.25) is 14.4 Å². The van der Waals surface area contributed by atoms with E-state index in [1.165, 1.54) is 17.0 Å². The van der Waals surface area contributed by atoms with Crippen LogP contribution in [0.25, 0.3) is 0 Å². The zero-order valence-electron chi connectivity index (χ0n) is 18.2. The SMILES string of the molecule is Cc1cc(NC(=O)CCC(=O)N(CC(=O)NCC2CCCO2)c2ccc(C)c(F)c2)no1. The van der Waals surface area contributed by atoms with E-state index in [1.54, 1.807) is 26.0 Å². The van der Waals surface area contributed by atoms with Crippen LogP contribution in [0.15, 0.2) is 28.8 Å². The monoisotopic (exact) mass is 446 g/mol. The summed E-state index contributed by atoms with van der Waals surface area (Å²) in [4.78, 5) is 38.7. The number of carbonyl (C=O) groups excluding carboxylic acids is 3. The fourth-order valence-corrected chi connectivity index (χ4v) is 3.29. The third kappa shape index (κ3) is 6.61. The minimum atomic E-state index is -0.487. The molecule has 9 nitrogen and oxygen atoms in total. The van der Waals surface area contributed by atoms with Crippen molar-refractivity contribution in [3.63, 3.8) is 0 Å². The smallest absolute Gasteiger partial charge is 0.240 e. The molecule has 0 radical (unpaired) electrons. The van der Waals surface area contributed by atoms with Crippen molar-refractivity contribution in [3.8, 4) is 0 Å². The van der Waals surface area contributed by atoms with Crippen molar-refractivity contribution in [3.05, 3.63) is 41.4 Å². The van der Waals surface area contributed by atoms with E-state index in [2.05, 4.69) is 15.8 Å². The van der Waals surface area contributed by atoms with Crippen LogP contribution in [0, 0.1) is 19.7 Å². The molecule has 0 aliphatic carbocycles. The van der Waals surface area contributed by atoms with Crippen LogP contribution >= 0.6 is 0 Å². The molecule has 2 aromatic rings. The third-order valence-electron chi connectivity index (χ3n) is 5.08. The van der Waals surface area contributed by atoms with Gasteiger partial charge in [-0.15, -0.1) is 0 Å². The van der Waals surface area contributed by atoms with Gasteiger partial charge in [-0.1, -0.05) is 11.2 Å². The average Bonchev–Trinajstić information content (AvgIpc) is 3.42. The van der Waals surface area contributed by atoms with E-state index >= 15 is 0 Å². The first-order valence-corrected chi connectivity index (χ1v) is 10.5. The van der Waals surface area contributed by atoms with Crippen LogP contribution in [-0.4, -0.2) is 48.7 Å². The minimum Gasteiger partial charge on any atom is -0.376 e. The van der Waals surface area contributed by atoms with Gasteiger partial charge in [0.05, 0.1) is 6.10 Å². The summed E-state index contributed by atoms with van der Waals surface area (Å²) in [7, 11) is 0. The van der Waals surface area contributed by atoms with Gasteiger partial charge in [0.15, 0.2) is 5.82 Å². The standard InChI is InChI=1S/C22H27FN4O5/c1-14-5-6-16(11-18(14)23)27(13-21(29)24-12-17-4-3-9-31-17)22(30)8-7-20(28)25-19-10-15(2)32-26-19/h5-6,10-11,17H,3-4,7-9,12-13H2,1-2H3,(H,24,29)(H,25,26,28). The van der Waals surface area contributed by atoms with Crippen LogP contribution in [0.2, 0.25) is 0 Å². The molecule has 3 amide bonds. The second-order valence-corrected chi connectivity index (χ2v) is 7.72. The van der Waals surface area contributed by atoms with Crippen LogP contribution in [0.5, 0.6) is 0 Å². The zero-order valence-corrected chi connectivity index (χ0v) is 18.2. The highest BCUT2D eigenvalue weighted by atomic mass is 19.1. The van der Waals surface area contributed by atoms with Gasteiger partial charge in [0, 0.05) is 37.7 Å². The molecule has 3 rings (SSSR count). The maximum Gasteiger partial charge on any atom is 0.240 e. The summed E-state index contributed by atoms with van der Waals surface area (Å²) in [5.74, 6) is -0.989. The molecule has 1 aliphatic rings. The van der Waals surface area contributed by atoms with Gasteiger partial charge < -0.3 is 24.8 Å². The molecule has 2 N–H and O–H groups in total. The Morgan fingerprint density at radius 2 is 2.00 bits per heavy atom. The maximum atomic E-state index is 14.1. The fourth-order valence-electron chi connectivity index (χ4n) is 3.29. The molecule has 10 heteroatoms. The Kier molecular flexibility index (Phi) is 7.93. The first kappa shape index (κ1) is 23.4. The van der Waals surface area contributed by atoms with Crippen molar-refractivity contribution in [2.45, 2.75) is 45.6 Å². The molecule has 1 aliphatic heterocycles. The fraction of sp³-hybridized carbons (Fsp3) is 0.455. The van der Waals surface area contributed by atoms with Gasteiger partial charge in [0.2, 0.25) is 17.7 Å². The largest absolute Gasteiger partial charge is 0.376 e. The lowest BCUT2D eigenvalue weighted by molar-refractivity contribution is -0.125. The predicted octanol–water partition coefficient (Wildman–Crippen LogP) is 2.48. The Balaban J connectivity index is 1.62. The summed E-state index contributed by atoms with van der Waals surface area (Å²) >= 11 is 0. The number of amides is 3. The number of hydrogen-bond acceptors (Lipinski definition) is 6. The highest BCUT2D eigenvalue weighted by molar-refractivity contribution is 6.01. The van der Waals surface area contributed by atoms with E-state index in [1.807, 2.05) is 0 Å².